The van der Waals surface area contributed by atoms with Crippen LogP contribution in [0.25, 0.3) is 0 Å². The average molecular weight is 233 g/mol. The van der Waals surface area contributed by atoms with Gasteiger partial charge >= 0.3 is 0 Å². The zero-order chi connectivity index (χ0) is 12.3. The second-order valence-electron chi connectivity index (χ2n) is 3.61. The van der Waals surface area contributed by atoms with Gasteiger partial charge in [-0.1, -0.05) is 18.2 Å². The van der Waals surface area contributed by atoms with Gasteiger partial charge in [0.15, 0.2) is 11.5 Å². The summed E-state index contributed by atoms with van der Waals surface area (Å²) in [5, 5.41) is 9.47. The van der Waals surface area contributed by atoms with Crippen LogP contribution in [-0.2, 0) is 6.61 Å². The summed E-state index contributed by atoms with van der Waals surface area (Å²) >= 11 is 0. The van der Waals surface area contributed by atoms with Crippen LogP contribution in [0.15, 0.2) is 42.5 Å². The fourth-order valence-corrected chi connectivity index (χ4v) is 1.40. The van der Waals surface area contributed by atoms with Gasteiger partial charge < -0.3 is 15.6 Å². The van der Waals surface area contributed by atoms with E-state index in [1.165, 1.54) is 18.2 Å². The fraction of sp³-hybridized carbons (Fsp3) is 0.0769. The number of hydrogen-bond acceptors (Lipinski definition) is 3. The first-order valence-corrected chi connectivity index (χ1v) is 5.11. The van der Waals surface area contributed by atoms with Crippen molar-refractivity contribution in [1.29, 1.82) is 0 Å². The summed E-state index contributed by atoms with van der Waals surface area (Å²) in [5.41, 5.74) is 6.12. The highest BCUT2D eigenvalue weighted by molar-refractivity contribution is 5.42. The molecule has 2 aromatic rings. The maximum atomic E-state index is 13.2. The number of nitrogens with two attached hydrogens (primary N) is 1. The number of benzene rings is 2. The molecule has 2 rings (SSSR count). The van der Waals surface area contributed by atoms with Gasteiger partial charge in [-0.25, -0.2) is 4.39 Å². The molecule has 4 heteroatoms. The minimum Gasteiger partial charge on any atom is -0.504 e. The Balaban J connectivity index is 2.08. The number of anilines is 1. The Bertz CT molecular complexity index is 529. The van der Waals surface area contributed by atoms with E-state index in [0.717, 1.165) is 0 Å². The summed E-state index contributed by atoms with van der Waals surface area (Å²) in [6, 6.07) is 11.1. The van der Waals surface area contributed by atoms with E-state index in [2.05, 4.69) is 0 Å². The summed E-state index contributed by atoms with van der Waals surface area (Å²) in [4.78, 5) is 0. The highest BCUT2D eigenvalue weighted by Crippen LogP contribution is 2.25. The third-order valence-electron chi connectivity index (χ3n) is 2.32. The summed E-state index contributed by atoms with van der Waals surface area (Å²) < 4.78 is 18.5. The number of para-hydroxylation sites is 2. The number of phenols is 1. The van der Waals surface area contributed by atoms with Crippen molar-refractivity contribution in [3.63, 3.8) is 0 Å². The lowest BCUT2D eigenvalue weighted by atomic mass is 10.2. The Morgan fingerprint density at radius 1 is 1.18 bits per heavy atom. The van der Waals surface area contributed by atoms with Crippen molar-refractivity contribution in [3.8, 4) is 11.5 Å². The van der Waals surface area contributed by atoms with Gasteiger partial charge in [0.25, 0.3) is 0 Å². The monoisotopic (exact) mass is 233 g/mol. The van der Waals surface area contributed by atoms with E-state index >= 15 is 0 Å². The van der Waals surface area contributed by atoms with E-state index < -0.39 is 5.82 Å². The lowest BCUT2D eigenvalue weighted by Gasteiger charge is -2.08. The van der Waals surface area contributed by atoms with Crippen LogP contribution in [0.4, 0.5) is 10.1 Å². The Labute approximate surface area is 98.3 Å². The summed E-state index contributed by atoms with van der Waals surface area (Å²) in [5.74, 6) is -0.0449. The molecule has 0 aliphatic rings. The topological polar surface area (TPSA) is 55.5 Å². The standard InChI is InChI=1S/C13H12FNO2/c14-10-7-9(5-6-11(10)15)8-17-13-4-2-1-3-12(13)16/h1-7,16H,8,15H2. The molecule has 0 saturated carbocycles. The van der Waals surface area contributed by atoms with Crippen LogP contribution in [0.3, 0.4) is 0 Å². The summed E-state index contributed by atoms with van der Waals surface area (Å²) in [6.45, 7) is 0.175. The van der Waals surface area contributed by atoms with Gasteiger partial charge in [-0.05, 0) is 29.8 Å². The van der Waals surface area contributed by atoms with Gasteiger partial charge in [-0.3, -0.25) is 0 Å². The predicted molar refractivity (Wildman–Crippen MR) is 63.3 cm³/mol. The first kappa shape index (κ1) is 11.3. The van der Waals surface area contributed by atoms with Crippen LogP contribution in [0.2, 0.25) is 0 Å². The van der Waals surface area contributed by atoms with E-state index in [4.69, 9.17) is 10.5 Å². The molecule has 3 N–H and O–H groups in total. The van der Waals surface area contributed by atoms with E-state index in [1.807, 2.05) is 0 Å². The molecular formula is C13H12FNO2. The molecule has 2 aromatic carbocycles. The molecule has 0 radical (unpaired) electrons. The van der Waals surface area contributed by atoms with E-state index in [9.17, 15) is 9.50 Å². The molecule has 0 heterocycles. The highest BCUT2D eigenvalue weighted by atomic mass is 19.1. The Kier molecular flexibility index (Phi) is 3.14. The van der Waals surface area contributed by atoms with E-state index in [0.29, 0.717) is 11.3 Å². The molecule has 0 saturated heterocycles. The number of nitrogen functional groups attached to an aromatic ring is 1. The molecule has 0 fully saturated rings. The van der Waals surface area contributed by atoms with Crippen LogP contribution in [0.5, 0.6) is 11.5 Å². The molecular weight excluding hydrogens is 221 g/mol. The molecule has 0 aliphatic carbocycles. The molecule has 17 heavy (non-hydrogen) atoms. The third-order valence-corrected chi connectivity index (χ3v) is 2.32. The van der Waals surface area contributed by atoms with Crippen molar-refractivity contribution in [2.75, 3.05) is 5.73 Å². The predicted octanol–water partition coefficient (Wildman–Crippen LogP) is 2.69. The maximum absolute atomic E-state index is 13.2. The molecule has 0 spiro atoms. The molecule has 0 amide bonds. The van der Waals surface area contributed by atoms with Crippen LogP contribution in [-0.4, -0.2) is 5.11 Å². The van der Waals surface area contributed by atoms with Gasteiger partial charge in [0, 0.05) is 0 Å². The second kappa shape index (κ2) is 4.74. The largest absolute Gasteiger partial charge is 0.504 e. The quantitative estimate of drug-likeness (QED) is 0.801. The van der Waals surface area contributed by atoms with Crippen LogP contribution in [0, 0.1) is 5.82 Å². The van der Waals surface area contributed by atoms with E-state index in [1.54, 1.807) is 24.3 Å². The van der Waals surface area contributed by atoms with Gasteiger partial charge in [0.2, 0.25) is 0 Å². The molecule has 0 aromatic heterocycles. The Morgan fingerprint density at radius 2 is 1.94 bits per heavy atom. The van der Waals surface area contributed by atoms with Crippen LogP contribution < -0.4 is 10.5 Å². The first-order chi connectivity index (χ1) is 8.16. The van der Waals surface area contributed by atoms with Crippen molar-refractivity contribution in [2.45, 2.75) is 6.61 Å². The molecule has 0 aliphatic heterocycles. The van der Waals surface area contributed by atoms with Gasteiger partial charge in [0.1, 0.15) is 12.4 Å². The van der Waals surface area contributed by atoms with Crippen LogP contribution >= 0.6 is 0 Å². The number of halogens is 1. The molecule has 3 nitrogen and oxygen atoms in total. The minimum atomic E-state index is -0.469. The zero-order valence-electron chi connectivity index (χ0n) is 9.06. The summed E-state index contributed by atoms with van der Waals surface area (Å²) in [6.07, 6.45) is 0. The SMILES string of the molecule is Nc1ccc(COc2ccccc2O)cc1F. The maximum Gasteiger partial charge on any atom is 0.161 e. The number of phenolic OH excluding ortho intramolecular Hbond substituents is 1. The van der Waals surface area contributed by atoms with Gasteiger partial charge in [-0.15, -0.1) is 0 Å². The summed E-state index contributed by atoms with van der Waals surface area (Å²) in [7, 11) is 0. The number of rotatable bonds is 3. The van der Waals surface area contributed by atoms with Crippen molar-refractivity contribution in [1.82, 2.24) is 0 Å². The van der Waals surface area contributed by atoms with Crippen molar-refractivity contribution in [3.05, 3.63) is 53.8 Å². The van der Waals surface area contributed by atoms with Crippen molar-refractivity contribution in [2.24, 2.45) is 0 Å². The molecule has 0 atom stereocenters. The number of aromatic hydroxyl groups is 1. The number of ether oxygens (including phenoxy) is 1. The fourth-order valence-electron chi connectivity index (χ4n) is 1.40. The highest BCUT2D eigenvalue weighted by Gasteiger charge is 2.03. The molecule has 0 bridgehead atoms. The second-order valence-corrected chi connectivity index (χ2v) is 3.61. The minimum absolute atomic E-state index is 0.0587. The molecule has 88 valence electrons. The van der Waals surface area contributed by atoms with E-state index in [-0.39, 0.29) is 18.0 Å². The first-order valence-electron chi connectivity index (χ1n) is 5.11. The lowest BCUT2D eigenvalue weighted by Crippen LogP contribution is -1.98. The van der Waals surface area contributed by atoms with Gasteiger partial charge in [-0.2, -0.15) is 0 Å². The average Bonchev–Trinajstić information content (AvgIpc) is 2.32. The normalized spacial score (nSPS) is 10.2. The zero-order valence-corrected chi connectivity index (χ0v) is 9.06. The van der Waals surface area contributed by atoms with Crippen LogP contribution in [0.1, 0.15) is 5.56 Å². The Hall–Kier alpha value is -2.23. The van der Waals surface area contributed by atoms with Gasteiger partial charge in [0.05, 0.1) is 5.69 Å². The smallest absolute Gasteiger partial charge is 0.161 e. The molecule has 0 unspecified atom stereocenters. The third kappa shape index (κ3) is 2.66. The number of hydrogen-bond donors (Lipinski definition) is 2. The lowest BCUT2D eigenvalue weighted by molar-refractivity contribution is 0.288. The van der Waals surface area contributed by atoms with Crippen molar-refractivity contribution < 1.29 is 14.2 Å². The van der Waals surface area contributed by atoms with Crippen molar-refractivity contribution >= 4 is 5.69 Å². The Morgan fingerprint density at radius 3 is 2.65 bits per heavy atom.